The highest BCUT2D eigenvalue weighted by molar-refractivity contribution is 7.99. The van der Waals surface area contributed by atoms with Gasteiger partial charge in [0.05, 0.1) is 6.04 Å². The molecule has 9 heteroatoms. The maximum atomic E-state index is 5.74. The normalized spacial score (nSPS) is 14.4. The van der Waals surface area contributed by atoms with E-state index in [-0.39, 0.29) is 5.95 Å². The number of nitrogens with zero attached hydrogens (tertiary/aromatic N) is 6. The molecule has 1 saturated carbocycles. The van der Waals surface area contributed by atoms with Gasteiger partial charge in [0.25, 0.3) is 0 Å². The molecule has 0 aliphatic heterocycles. The second-order valence-corrected chi connectivity index (χ2v) is 5.60. The monoisotopic (exact) mass is 292 g/mol. The molecule has 2 heterocycles. The number of hydrogen-bond donors (Lipinski definition) is 2. The van der Waals surface area contributed by atoms with E-state index in [0.717, 1.165) is 41.8 Å². The van der Waals surface area contributed by atoms with Crippen LogP contribution >= 0.6 is 11.8 Å². The zero-order valence-corrected chi connectivity index (χ0v) is 12.0. The standard InChI is InChI=1S/C11H16N8S/c1-2-5-13-8-6-9(15-10(12)14-8)20-11-16-17-18-19(11)7-3-4-7/h6-7H,2-5H2,1H3,(H3,12,13,14,15). The van der Waals surface area contributed by atoms with Crippen LogP contribution in [-0.2, 0) is 0 Å². The Labute approximate surface area is 120 Å². The lowest BCUT2D eigenvalue weighted by Gasteiger charge is -2.07. The Morgan fingerprint density at radius 2 is 2.30 bits per heavy atom. The summed E-state index contributed by atoms with van der Waals surface area (Å²) in [7, 11) is 0. The third kappa shape index (κ3) is 2.98. The van der Waals surface area contributed by atoms with E-state index in [0.29, 0.717) is 6.04 Å². The molecule has 8 nitrogen and oxygen atoms in total. The summed E-state index contributed by atoms with van der Waals surface area (Å²) in [4.78, 5) is 8.37. The fourth-order valence-electron chi connectivity index (χ4n) is 1.73. The van der Waals surface area contributed by atoms with Crippen LogP contribution in [0.25, 0.3) is 0 Å². The third-order valence-electron chi connectivity index (χ3n) is 2.83. The van der Waals surface area contributed by atoms with Crippen LogP contribution in [0.1, 0.15) is 32.2 Å². The Morgan fingerprint density at radius 1 is 1.45 bits per heavy atom. The lowest BCUT2D eigenvalue weighted by molar-refractivity contribution is 0.565. The van der Waals surface area contributed by atoms with Gasteiger partial charge in [-0.05, 0) is 41.5 Å². The molecule has 0 unspecified atom stereocenters. The van der Waals surface area contributed by atoms with Crippen molar-refractivity contribution in [2.75, 3.05) is 17.6 Å². The highest BCUT2D eigenvalue weighted by Gasteiger charge is 2.28. The Balaban J connectivity index is 1.79. The Kier molecular flexibility index (Phi) is 3.68. The molecule has 3 N–H and O–H groups in total. The highest BCUT2D eigenvalue weighted by atomic mass is 32.2. The molecule has 1 aliphatic carbocycles. The molecular weight excluding hydrogens is 276 g/mol. The van der Waals surface area contributed by atoms with Crippen LogP contribution in [0.2, 0.25) is 0 Å². The predicted octanol–water partition coefficient (Wildman–Crippen LogP) is 1.35. The summed E-state index contributed by atoms with van der Waals surface area (Å²) in [6, 6.07) is 2.30. The summed E-state index contributed by atoms with van der Waals surface area (Å²) in [5.41, 5.74) is 5.74. The van der Waals surface area contributed by atoms with E-state index in [4.69, 9.17) is 5.73 Å². The minimum atomic E-state index is 0.249. The van der Waals surface area contributed by atoms with E-state index >= 15 is 0 Å². The number of anilines is 2. The Bertz CT molecular complexity index is 594. The number of nitrogens with one attached hydrogen (secondary N) is 1. The van der Waals surface area contributed by atoms with E-state index in [9.17, 15) is 0 Å². The summed E-state index contributed by atoms with van der Waals surface area (Å²) in [6.45, 7) is 2.94. The predicted molar refractivity (Wildman–Crippen MR) is 75.4 cm³/mol. The van der Waals surface area contributed by atoms with Crippen LogP contribution in [0.4, 0.5) is 11.8 Å². The van der Waals surface area contributed by atoms with Gasteiger partial charge in [0.2, 0.25) is 11.1 Å². The number of nitrogen functional groups attached to an aromatic ring is 1. The van der Waals surface area contributed by atoms with Crippen LogP contribution in [0.15, 0.2) is 16.2 Å². The minimum Gasteiger partial charge on any atom is -0.370 e. The third-order valence-corrected chi connectivity index (χ3v) is 3.70. The SMILES string of the molecule is CCCNc1cc(Sc2nnnn2C2CC2)nc(N)n1. The van der Waals surface area contributed by atoms with Gasteiger partial charge in [-0.2, -0.15) is 4.98 Å². The fourth-order valence-corrected chi connectivity index (χ4v) is 2.59. The van der Waals surface area contributed by atoms with Gasteiger partial charge < -0.3 is 11.1 Å². The summed E-state index contributed by atoms with van der Waals surface area (Å²) >= 11 is 1.41. The molecule has 2 aromatic heterocycles. The van der Waals surface area contributed by atoms with Crippen molar-refractivity contribution in [3.63, 3.8) is 0 Å². The van der Waals surface area contributed by atoms with Crippen LogP contribution in [-0.4, -0.2) is 36.7 Å². The van der Waals surface area contributed by atoms with Crippen LogP contribution < -0.4 is 11.1 Å². The summed E-state index contributed by atoms with van der Waals surface area (Å²) in [6.07, 6.45) is 3.29. The Hall–Kier alpha value is -1.90. The van der Waals surface area contributed by atoms with Gasteiger partial charge in [-0.15, -0.1) is 5.10 Å². The maximum Gasteiger partial charge on any atom is 0.223 e. The summed E-state index contributed by atoms with van der Waals surface area (Å²) in [5, 5.41) is 16.5. The molecule has 1 fully saturated rings. The lowest BCUT2D eigenvalue weighted by Crippen LogP contribution is -2.06. The minimum absolute atomic E-state index is 0.249. The van der Waals surface area contributed by atoms with Crippen molar-refractivity contribution in [1.82, 2.24) is 30.2 Å². The first kappa shape index (κ1) is 13.1. The van der Waals surface area contributed by atoms with Crippen molar-refractivity contribution in [2.45, 2.75) is 42.4 Å². The quantitative estimate of drug-likeness (QED) is 0.768. The largest absolute Gasteiger partial charge is 0.370 e. The zero-order valence-electron chi connectivity index (χ0n) is 11.2. The van der Waals surface area contributed by atoms with Gasteiger partial charge in [0, 0.05) is 12.6 Å². The van der Waals surface area contributed by atoms with Gasteiger partial charge in [-0.3, -0.25) is 0 Å². The fraction of sp³-hybridized carbons (Fsp3) is 0.545. The van der Waals surface area contributed by atoms with Crippen molar-refractivity contribution in [3.05, 3.63) is 6.07 Å². The van der Waals surface area contributed by atoms with Crippen molar-refractivity contribution in [1.29, 1.82) is 0 Å². The number of rotatable bonds is 6. The molecule has 0 aromatic carbocycles. The van der Waals surface area contributed by atoms with Crippen LogP contribution in [0, 0.1) is 0 Å². The van der Waals surface area contributed by atoms with Gasteiger partial charge in [0.15, 0.2) is 0 Å². The molecule has 1 aliphatic rings. The van der Waals surface area contributed by atoms with Crippen LogP contribution in [0.5, 0.6) is 0 Å². The first-order valence-corrected chi connectivity index (χ1v) is 7.42. The van der Waals surface area contributed by atoms with Crippen molar-refractivity contribution in [2.24, 2.45) is 0 Å². The van der Waals surface area contributed by atoms with Crippen LogP contribution in [0.3, 0.4) is 0 Å². The average molecular weight is 292 g/mol. The molecule has 0 atom stereocenters. The maximum absolute atomic E-state index is 5.74. The topological polar surface area (TPSA) is 107 Å². The van der Waals surface area contributed by atoms with Crippen molar-refractivity contribution in [3.8, 4) is 0 Å². The van der Waals surface area contributed by atoms with Gasteiger partial charge in [0.1, 0.15) is 10.8 Å². The van der Waals surface area contributed by atoms with Crippen molar-refractivity contribution >= 4 is 23.5 Å². The number of hydrogen-bond acceptors (Lipinski definition) is 8. The second kappa shape index (κ2) is 5.61. The molecule has 2 aromatic rings. The van der Waals surface area contributed by atoms with E-state index in [1.807, 2.05) is 10.7 Å². The summed E-state index contributed by atoms with van der Waals surface area (Å²) < 4.78 is 1.85. The first-order valence-electron chi connectivity index (χ1n) is 6.60. The number of tetrazole rings is 1. The van der Waals surface area contributed by atoms with Gasteiger partial charge in [-0.25, -0.2) is 9.67 Å². The molecule has 20 heavy (non-hydrogen) atoms. The molecule has 106 valence electrons. The van der Waals surface area contributed by atoms with E-state index < -0.39 is 0 Å². The molecular formula is C11H16N8S. The van der Waals surface area contributed by atoms with E-state index in [1.165, 1.54) is 11.8 Å². The smallest absolute Gasteiger partial charge is 0.223 e. The van der Waals surface area contributed by atoms with Gasteiger partial charge >= 0.3 is 0 Å². The first-order chi connectivity index (χ1) is 9.76. The van der Waals surface area contributed by atoms with E-state index in [2.05, 4.69) is 37.7 Å². The molecule has 0 saturated heterocycles. The lowest BCUT2D eigenvalue weighted by atomic mass is 10.4. The van der Waals surface area contributed by atoms with Gasteiger partial charge in [-0.1, -0.05) is 6.92 Å². The molecule has 0 radical (unpaired) electrons. The molecule has 0 spiro atoms. The number of aromatic nitrogens is 6. The average Bonchev–Trinajstić information content (AvgIpc) is 3.17. The highest BCUT2D eigenvalue weighted by Crippen LogP contribution is 2.37. The number of nitrogens with two attached hydrogens (primary N) is 1. The molecule has 3 rings (SSSR count). The Morgan fingerprint density at radius 3 is 3.05 bits per heavy atom. The second-order valence-electron chi connectivity index (χ2n) is 4.62. The summed E-state index contributed by atoms with van der Waals surface area (Å²) in [5.74, 6) is 0.978. The molecule has 0 bridgehead atoms. The zero-order chi connectivity index (χ0) is 13.9. The van der Waals surface area contributed by atoms with Crippen molar-refractivity contribution < 1.29 is 0 Å². The molecule has 0 amide bonds. The van der Waals surface area contributed by atoms with E-state index in [1.54, 1.807) is 0 Å².